The standard InChI is InChI=1S/C26H27Cl2N3O4/c1-16-12-18(8-9-20(16)27)34-15-26(13-22(29)32)10-5-11-31(14-26)25(33)23-17(2)35-30-24(23)19-6-3-4-7-21(19)28/h3-4,6-9,12H,5,10-11,13-15H2,1-2H3,(H2,29,32). The number of halogens is 2. The maximum atomic E-state index is 13.7. The number of hydrogen-bond donors (Lipinski definition) is 1. The van der Waals surface area contributed by atoms with Gasteiger partial charge in [0.05, 0.1) is 11.6 Å². The number of aryl methyl sites for hydroxylation is 2. The molecule has 1 aliphatic rings. The van der Waals surface area contributed by atoms with Crippen LogP contribution in [0.25, 0.3) is 11.3 Å². The summed E-state index contributed by atoms with van der Waals surface area (Å²) in [6, 6.07) is 12.6. The lowest BCUT2D eigenvalue weighted by atomic mass is 9.77. The van der Waals surface area contributed by atoms with Crippen LogP contribution in [0.1, 0.15) is 40.9 Å². The fourth-order valence-electron chi connectivity index (χ4n) is 4.63. The molecule has 1 aliphatic heterocycles. The topological polar surface area (TPSA) is 98.7 Å². The van der Waals surface area contributed by atoms with Crippen molar-refractivity contribution in [3.8, 4) is 17.0 Å². The number of aromatic nitrogens is 1. The van der Waals surface area contributed by atoms with Crippen LogP contribution in [-0.4, -0.2) is 41.6 Å². The Kier molecular flexibility index (Phi) is 7.38. The van der Waals surface area contributed by atoms with E-state index >= 15 is 0 Å². The quantitative estimate of drug-likeness (QED) is 0.451. The van der Waals surface area contributed by atoms with Crippen LogP contribution in [0.5, 0.6) is 5.75 Å². The summed E-state index contributed by atoms with van der Waals surface area (Å²) in [7, 11) is 0. The minimum atomic E-state index is -0.622. The summed E-state index contributed by atoms with van der Waals surface area (Å²) >= 11 is 12.5. The molecule has 184 valence electrons. The molecule has 1 fully saturated rings. The van der Waals surface area contributed by atoms with Gasteiger partial charge in [-0.2, -0.15) is 0 Å². The Bertz CT molecular complexity index is 1260. The number of likely N-dealkylation sites (tertiary alicyclic amines) is 1. The smallest absolute Gasteiger partial charge is 0.259 e. The molecule has 35 heavy (non-hydrogen) atoms. The normalized spacial score (nSPS) is 17.9. The molecule has 0 bridgehead atoms. The number of nitrogens with two attached hydrogens (primary N) is 1. The monoisotopic (exact) mass is 515 g/mol. The van der Waals surface area contributed by atoms with Gasteiger partial charge in [0.2, 0.25) is 5.91 Å². The minimum absolute atomic E-state index is 0.101. The lowest BCUT2D eigenvalue weighted by Crippen LogP contribution is -2.50. The molecule has 9 heteroatoms. The molecule has 0 spiro atoms. The number of ether oxygens (including phenoxy) is 1. The molecule has 2 amide bonds. The molecular formula is C26H27Cl2N3O4. The Labute approximate surface area is 214 Å². The highest BCUT2D eigenvalue weighted by Gasteiger charge is 2.41. The number of benzene rings is 2. The first kappa shape index (κ1) is 25.1. The number of amides is 2. The number of hydrogen-bond acceptors (Lipinski definition) is 5. The second-order valence-corrected chi connectivity index (χ2v) is 9.93. The van der Waals surface area contributed by atoms with E-state index in [-0.39, 0.29) is 18.9 Å². The van der Waals surface area contributed by atoms with Crippen LogP contribution in [0.4, 0.5) is 0 Å². The fourth-order valence-corrected chi connectivity index (χ4v) is 4.97. The third-order valence-electron chi connectivity index (χ3n) is 6.38. The Balaban J connectivity index is 1.60. The fraction of sp³-hybridized carbons (Fsp3) is 0.346. The predicted molar refractivity (Wildman–Crippen MR) is 135 cm³/mol. The van der Waals surface area contributed by atoms with Crippen LogP contribution in [0.15, 0.2) is 47.0 Å². The summed E-state index contributed by atoms with van der Waals surface area (Å²) in [5.74, 6) is 0.390. The van der Waals surface area contributed by atoms with Crippen molar-refractivity contribution >= 4 is 35.0 Å². The number of carbonyl (C=O) groups is 2. The number of nitrogens with zero attached hydrogens (tertiary/aromatic N) is 2. The summed E-state index contributed by atoms with van der Waals surface area (Å²) in [6.07, 6.45) is 1.50. The summed E-state index contributed by atoms with van der Waals surface area (Å²) in [5.41, 5.74) is 7.28. The van der Waals surface area contributed by atoms with Crippen LogP contribution in [0.3, 0.4) is 0 Å². The van der Waals surface area contributed by atoms with Gasteiger partial charge in [0.1, 0.15) is 22.8 Å². The molecule has 4 rings (SSSR count). The molecule has 0 aliphatic carbocycles. The molecule has 2 aromatic carbocycles. The van der Waals surface area contributed by atoms with Crippen molar-refractivity contribution in [3.63, 3.8) is 0 Å². The van der Waals surface area contributed by atoms with E-state index < -0.39 is 11.3 Å². The largest absolute Gasteiger partial charge is 0.493 e. The molecule has 0 saturated carbocycles. The van der Waals surface area contributed by atoms with Gasteiger partial charge in [0.25, 0.3) is 5.91 Å². The average Bonchev–Trinajstić information content (AvgIpc) is 3.20. The van der Waals surface area contributed by atoms with Gasteiger partial charge in [-0.3, -0.25) is 9.59 Å². The van der Waals surface area contributed by atoms with E-state index in [1.54, 1.807) is 36.1 Å². The van der Waals surface area contributed by atoms with Crippen molar-refractivity contribution < 1.29 is 18.8 Å². The van der Waals surface area contributed by atoms with Crippen LogP contribution in [0.2, 0.25) is 10.0 Å². The summed E-state index contributed by atoms with van der Waals surface area (Å²) in [4.78, 5) is 27.5. The summed E-state index contributed by atoms with van der Waals surface area (Å²) < 4.78 is 11.5. The molecule has 1 saturated heterocycles. The van der Waals surface area contributed by atoms with Gasteiger partial charge in [-0.15, -0.1) is 0 Å². The van der Waals surface area contributed by atoms with Crippen molar-refractivity contribution in [2.24, 2.45) is 11.1 Å². The molecule has 2 heterocycles. The maximum absolute atomic E-state index is 13.7. The predicted octanol–water partition coefficient (Wildman–Crippen LogP) is 5.44. The minimum Gasteiger partial charge on any atom is -0.493 e. The van der Waals surface area contributed by atoms with Gasteiger partial charge in [-0.05, 0) is 56.5 Å². The molecule has 1 atom stereocenters. The Morgan fingerprint density at radius 1 is 1.17 bits per heavy atom. The zero-order chi connectivity index (χ0) is 25.2. The van der Waals surface area contributed by atoms with Gasteiger partial charge < -0.3 is 19.9 Å². The van der Waals surface area contributed by atoms with E-state index in [4.69, 9.17) is 38.2 Å². The molecule has 2 N–H and O–H groups in total. The second kappa shape index (κ2) is 10.3. The van der Waals surface area contributed by atoms with Crippen LogP contribution < -0.4 is 10.5 Å². The SMILES string of the molecule is Cc1cc(OCC2(CC(N)=O)CCCN(C(=O)c3c(-c4ccccc4Cl)noc3C)C2)ccc1Cl. The van der Waals surface area contributed by atoms with E-state index in [1.165, 1.54) is 0 Å². The van der Waals surface area contributed by atoms with Crippen molar-refractivity contribution in [2.75, 3.05) is 19.7 Å². The van der Waals surface area contributed by atoms with Gasteiger partial charge in [-0.25, -0.2) is 0 Å². The van der Waals surface area contributed by atoms with Gasteiger partial charge in [-0.1, -0.05) is 46.6 Å². The molecule has 1 aromatic heterocycles. The highest BCUT2D eigenvalue weighted by molar-refractivity contribution is 6.33. The second-order valence-electron chi connectivity index (χ2n) is 9.12. The van der Waals surface area contributed by atoms with E-state index in [0.717, 1.165) is 5.56 Å². The van der Waals surface area contributed by atoms with Gasteiger partial charge in [0, 0.05) is 35.5 Å². The third kappa shape index (κ3) is 5.46. The van der Waals surface area contributed by atoms with E-state index in [9.17, 15) is 9.59 Å². The number of carbonyl (C=O) groups excluding carboxylic acids is 2. The lowest BCUT2D eigenvalue weighted by molar-refractivity contribution is -0.122. The van der Waals surface area contributed by atoms with Crippen molar-refractivity contribution in [1.29, 1.82) is 0 Å². The van der Waals surface area contributed by atoms with E-state index in [2.05, 4.69) is 5.16 Å². The molecular weight excluding hydrogens is 489 g/mol. The van der Waals surface area contributed by atoms with Crippen LogP contribution in [0, 0.1) is 19.3 Å². The highest BCUT2D eigenvalue weighted by atomic mass is 35.5. The van der Waals surface area contributed by atoms with Crippen molar-refractivity contribution in [3.05, 3.63) is 69.4 Å². The Hall–Kier alpha value is -3.03. The highest BCUT2D eigenvalue weighted by Crippen LogP contribution is 2.37. The zero-order valence-electron chi connectivity index (χ0n) is 19.6. The first-order chi connectivity index (χ1) is 16.7. The summed E-state index contributed by atoms with van der Waals surface area (Å²) in [6.45, 7) is 4.68. The number of piperidine rings is 1. The summed E-state index contributed by atoms with van der Waals surface area (Å²) in [5, 5.41) is 5.25. The molecule has 7 nitrogen and oxygen atoms in total. The third-order valence-corrected chi connectivity index (χ3v) is 7.13. The molecule has 1 unspecified atom stereocenters. The van der Waals surface area contributed by atoms with E-state index in [0.29, 0.717) is 64.3 Å². The van der Waals surface area contributed by atoms with Crippen molar-refractivity contribution in [1.82, 2.24) is 10.1 Å². The number of rotatable bonds is 7. The van der Waals surface area contributed by atoms with Crippen molar-refractivity contribution in [2.45, 2.75) is 33.1 Å². The first-order valence-electron chi connectivity index (χ1n) is 11.4. The Morgan fingerprint density at radius 2 is 1.94 bits per heavy atom. The number of primary amides is 1. The Morgan fingerprint density at radius 3 is 2.66 bits per heavy atom. The molecule has 3 aromatic rings. The zero-order valence-corrected chi connectivity index (χ0v) is 21.2. The van der Waals surface area contributed by atoms with Crippen LogP contribution >= 0.6 is 23.2 Å². The van der Waals surface area contributed by atoms with Gasteiger partial charge >= 0.3 is 0 Å². The van der Waals surface area contributed by atoms with Crippen LogP contribution in [-0.2, 0) is 4.79 Å². The van der Waals surface area contributed by atoms with E-state index in [1.807, 2.05) is 25.1 Å². The molecule has 0 radical (unpaired) electrons. The maximum Gasteiger partial charge on any atom is 0.259 e. The average molecular weight is 516 g/mol. The first-order valence-corrected chi connectivity index (χ1v) is 12.1. The lowest BCUT2D eigenvalue weighted by Gasteiger charge is -2.42. The van der Waals surface area contributed by atoms with Gasteiger partial charge in [0.15, 0.2) is 0 Å².